The second-order valence-corrected chi connectivity index (χ2v) is 11.3. The summed E-state index contributed by atoms with van der Waals surface area (Å²) in [4.78, 5) is 62.4. The molecule has 1 saturated heterocycles. The SMILES string of the molecule is CC(C)[C@H]1C[C@@H](O)CC(=O)O[C@@H]2/C=C/CSSC[C@@H](NC(=O)[C@H](CCC(=O)O)NC(=O)C2)C(=O)N1. The predicted molar refractivity (Wildman–Crippen MR) is 131 cm³/mol. The molecule has 0 saturated carbocycles. The van der Waals surface area contributed by atoms with Gasteiger partial charge in [-0.3, -0.25) is 24.0 Å². The zero-order chi connectivity index (χ0) is 26.0. The number of amides is 3. The lowest BCUT2D eigenvalue weighted by Crippen LogP contribution is -2.56. The van der Waals surface area contributed by atoms with Gasteiger partial charge in [0.25, 0.3) is 0 Å². The highest BCUT2D eigenvalue weighted by Gasteiger charge is 2.31. The smallest absolute Gasteiger partial charge is 0.309 e. The van der Waals surface area contributed by atoms with Crippen LogP contribution in [0.3, 0.4) is 0 Å². The number of carboxylic acid groups (broad SMARTS) is 1. The Morgan fingerprint density at radius 2 is 1.86 bits per heavy atom. The van der Waals surface area contributed by atoms with Gasteiger partial charge in [0.1, 0.15) is 18.2 Å². The van der Waals surface area contributed by atoms with Gasteiger partial charge in [-0.25, -0.2) is 0 Å². The maximum Gasteiger partial charge on any atom is 0.309 e. The fourth-order valence-electron chi connectivity index (χ4n) is 3.55. The Hall–Kier alpha value is -2.25. The minimum atomic E-state index is -1.19. The van der Waals surface area contributed by atoms with Crippen LogP contribution < -0.4 is 16.0 Å². The summed E-state index contributed by atoms with van der Waals surface area (Å²) in [7, 11) is 2.79. The Balaban J connectivity index is 2.42. The lowest BCUT2D eigenvalue weighted by molar-refractivity contribution is -0.150. The number of carbonyl (C=O) groups is 5. The average molecular weight is 532 g/mol. The van der Waals surface area contributed by atoms with Crippen molar-refractivity contribution in [1.82, 2.24) is 16.0 Å². The first-order valence-corrected chi connectivity index (χ1v) is 13.9. The second-order valence-electron chi connectivity index (χ2n) is 8.80. The number of aliphatic carboxylic acids is 1. The molecule has 13 heteroatoms. The third-order valence-electron chi connectivity index (χ3n) is 5.49. The molecule has 0 aromatic carbocycles. The number of nitrogens with one attached hydrogen (secondary N) is 3. The summed E-state index contributed by atoms with van der Waals surface area (Å²) in [5.74, 6) is -2.96. The molecule has 2 bridgehead atoms. The maximum atomic E-state index is 13.1. The van der Waals surface area contributed by atoms with Crippen LogP contribution >= 0.6 is 21.6 Å². The fourth-order valence-corrected chi connectivity index (χ4v) is 5.53. The van der Waals surface area contributed by atoms with E-state index in [1.807, 2.05) is 13.8 Å². The van der Waals surface area contributed by atoms with E-state index >= 15 is 0 Å². The van der Waals surface area contributed by atoms with Gasteiger partial charge in [-0.1, -0.05) is 41.5 Å². The van der Waals surface area contributed by atoms with E-state index in [9.17, 15) is 29.1 Å². The number of esters is 1. The van der Waals surface area contributed by atoms with Crippen LogP contribution in [0.2, 0.25) is 0 Å². The van der Waals surface area contributed by atoms with Crippen molar-refractivity contribution in [2.45, 2.75) is 76.3 Å². The van der Waals surface area contributed by atoms with E-state index in [1.165, 1.54) is 21.6 Å². The normalized spacial score (nSPS) is 30.6. The van der Waals surface area contributed by atoms with Crippen molar-refractivity contribution in [3.63, 3.8) is 0 Å². The third kappa shape index (κ3) is 10.5. The van der Waals surface area contributed by atoms with Gasteiger partial charge < -0.3 is 30.9 Å². The number of fused-ring (bicyclic) bond motifs is 16. The van der Waals surface area contributed by atoms with Crippen LogP contribution in [0, 0.1) is 5.92 Å². The molecule has 3 rings (SSSR count). The van der Waals surface area contributed by atoms with E-state index in [4.69, 9.17) is 9.84 Å². The molecular weight excluding hydrogens is 498 g/mol. The van der Waals surface area contributed by atoms with Crippen LogP contribution in [0.4, 0.5) is 0 Å². The van der Waals surface area contributed by atoms with E-state index in [0.717, 1.165) is 0 Å². The van der Waals surface area contributed by atoms with Crippen LogP contribution in [-0.4, -0.2) is 81.7 Å². The lowest BCUT2D eigenvalue weighted by atomic mass is 9.96. The molecule has 3 aliphatic rings. The third-order valence-corrected chi connectivity index (χ3v) is 7.78. The molecule has 3 amide bonds. The first-order valence-electron chi connectivity index (χ1n) is 11.5. The Labute approximate surface area is 212 Å². The lowest BCUT2D eigenvalue weighted by Gasteiger charge is -2.29. The molecule has 0 aliphatic carbocycles. The van der Waals surface area contributed by atoms with Crippen molar-refractivity contribution >= 4 is 51.2 Å². The van der Waals surface area contributed by atoms with Gasteiger partial charge in [-0.15, -0.1) is 0 Å². The summed E-state index contributed by atoms with van der Waals surface area (Å²) in [6, 6.07) is -2.62. The average Bonchev–Trinajstić information content (AvgIpc) is 2.75. The van der Waals surface area contributed by atoms with Crippen molar-refractivity contribution < 1.29 is 38.9 Å². The van der Waals surface area contributed by atoms with Crippen molar-refractivity contribution in [3.05, 3.63) is 12.2 Å². The molecule has 3 aliphatic heterocycles. The molecule has 3 heterocycles. The zero-order valence-electron chi connectivity index (χ0n) is 19.7. The molecule has 1 fully saturated rings. The predicted octanol–water partition coefficient (Wildman–Crippen LogP) is 0.369. The molecule has 0 aromatic rings. The molecule has 0 radical (unpaired) electrons. The van der Waals surface area contributed by atoms with E-state index in [1.54, 1.807) is 12.2 Å². The first kappa shape index (κ1) is 29.0. The summed E-state index contributed by atoms with van der Waals surface area (Å²) in [6.07, 6.45) is 0.270. The molecule has 0 unspecified atom stereocenters. The molecule has 5 atom stereocenters. The standard InChI is InChI=1S/C22H33N3O8S2/c1-12(2)16-8-13(26)9-20(30)33-14-4-3-7-34-35-11-17(22(32)24-16)25-21(31)15(5-6-19(28)29)23-18(27)10-14/h3-4,12-17,26H,5-11H2,1-2H3,(H,23,27)(H,24,32)(H,25,31)(H,28,29)/b4-3+/t13-,14-,15+,16-,17-/m1/s1. The van der Waals surface area contributed by atoms with E-state index < -0.39 is 60.0 Å². The van der Waals surface area contributed by atoms with Gasteiger partial charge in [0, 0.05) is 24.0 Å². The molecule has 0 aromatic heterocycles. The summed E-state index contributed by atoms with van der Waals surface area (Å²) in [6.45, 7) is 3.73. The molecule has 196 valence electrons. The minimum absolute atomic E-state index is 0.0703. The highest BCUT2D eigenvalue weighted by atomic mass is 33.1. The summed E-state index contributed by atoms with van der Waals surface area (Å²) < 4.78 is 5.41. The Morgan fingerprint density at radius 3 is 2.54 bits per heavy atom. The van der Waals surface area contributed by atoms with Crippen molar-refractivity contribution in [3.8, 4) is 0 Å². The van der Waals surface area contributed by atoms with Gasteiger partial charge in [0.05, 0.1) is 18.9 Å². The van der Waals surface area contributed by atoms with Crippen LogP contribution in [0.5, 0.6) is 0 Å². The largest absolute Gasteiger partial charge is 0.481 e. The van der Waals surface area contributed by atoms with Gasteiger partial charge >= 0.3 is 11.9 Å². The first-order chi connectivity index (χ1) is 16.5. The molecule has 5 N–H and O–H groups in total. The Bertz CT molecular complexity index is 823. The number of aliphatic hydroxyl groups is 1. The van der Waals surface area contributed by atoms with Crippen molar-refractivity contribution in [2.24, 2.45) is 5.92 Å². The Morgan fingerprint density at radius 1 is 1.11 bits per heavy atom. The van der Waals surface area contributed by atoms with E-state index in [2.05, 4.69) is 16.0 Å². The quantitative estimate of drug-likeness (QED) is 0.194. The topological polar surface area (TPSA) is 171 Å². The number of rotatable bonds is 4. The fraction of sp³-hybridized carbons (Fsp3) is 0.682. The van der Waals surface area contributed by atoms with Gasteiger partial charge in [0.15, 0.2) is 0 Å². The van der Waals surface area contributed by atoms with Gasteiger partial charge in [0.2, 0.25) is 17.7 Å². The number of ether oxygens (including phenoxy) is 1. The number of aliphatic hydroxyl groups excluding tert-OH is 1. The van der Waals surface area contributed by atoms with E-state index in [-0.39, 0.29) is 43.8 Å². The number of hydrogen-bond acceptors (Lipinski definition) is 9. The van der Waals surface area contributed by atoms with Crippen LogP contribution in [0.1, 0.15) is 46.0 Å². The number of hydrogen-bond donors (Lipinski definition) is 5. The monoisotopic (exact) mass is 531 g/mol. The van der Waals surface area contributed by atoms with Crippen LogP contribution in [0.25, 0.3) is 0 Å². The Kier molecular flexibility index (Phi) is 11.9. The highest BCUT2D eigenvalue weighted by Crippen LogP contribution is 2.23. The van der Waals surface area contributed by atoms with E-state index in [0.29, 0.717) is 5.75 Å². The molecule has 11 nitrogen and oxygen atoms in total. The van der Waals surface area contributed by atoms with Crippen molar-refractivity contribution in [2.75, 3.05) is 11.5 Å². The summed E-state index contributed by atoms with van der Waals surface area (Å²) in [5.41, 5.74) is 0. The van der Waals surface area contributed by atoms with Crippen LogP contribution in [-0.2, 0) is 28.7 Å². The number of carbonyl (C=O) groups excluding carboxylic acids is 4. The summed E-state index contributed by atoms with van der Waals surface area (Å²) >= 11 is 0. The van der Waals surface area contributed by atoms with Gasteiger partial charge in [-0.2, -0.15) is 0 Å². The van der Waals surface area contributed by atoms with Crippen molar-refractivity contribution in [1.29, 1.82) is 0 Å². The number of carboxylic acids is 1. The second kappa shape index (κ2) is 14.3. The molecular formula is C22H33N3O8S2. The van der Waals surface area contributed by atoms with Gasteiger partial charge in [-0.05, 0) is 24.8 Å². The zero-order valence-corrected chi connectivity index (χ0v) is 21.4. The molecule has 0 spiro atoms. The minimum Gasteiger partial charge on any atom is -0.481 e. The highest BCUT2D eigenvalue weighted by molar-refractivity contribution is 8.76. The summed E-state index contributed by atoms with van der Waals surface area (Å²) in [5, 5.41) is 27.5. The van der Waals surface area contributed by atoms with Crippen LogP contribution in [0.15, 0.2) is 12.2 Å². The maximum absolute atomic E-state index is 13.1. The molecule has 35 heavy (non-hydrogen) atoms.